The molecule has 0 atom stereocenters. The highest BCUT2D eigenvalue weighted by atomic mass is 127. The van der Waals surface area contributed by atoms with Crippen LogP contribution < -0.4 is 5.56 Å². The number of hydrogen-bond acceptors (Lipinski definition) is 5. The fraction of sp³-hybridized carbons (Fsp3) is 0.615. The van der Waals surface area contributed by atoms with Crippen LogP contribution in [0.4, 0.5) is 0 Å². The minimum absolute atomic E-state index is 0.130. The third kappa shape index (κ3) is 2.07. The lowest BCUT2D eigenvalue weighted by Gasteiger charge is -2.27. The van der Waals surface area contributed by atoms with Gasteiger partial charge in [0, 0.05) is 22.6 Å². The van der Waals surface area contributed by atoms with Gasteiger partial charge in [0.25, 0.3) is 5.56 Å². The van der Waals surface area contributed by atoms with Gasteiger partial charge in [-0.2, -0.15) is 0 Å². The van der Waals surface area contributed by atoms with E-state index in [1.807, 2.05) is 0 Å². The van der Waals surface area contributed by atoms with Crippen molar-refractivity contribution in [2.45, 2.75) is 37.6 Å². The maximum absolute atomic E-state index is 12.3. The van der Waals surface area contributed by atoms with Crippen molar-refractivity contribution < 1.29 is 14.6 Å². The van der Waals surface area contributed by atoms with E-state index in [2.05, 4.69) is 4.98 Å². The number of aromatic hydroxyl groups is 1. The summed E-state index contributed by atoms with van der Waals surface area (Å²) in [4.78, 5) is 28.2. The highest BCUT2D eigenvalue weighted by Crippen LogP contribution is 2.41. The van der Waals surface area contributed by atoms with Crippen LogP contribution in [0.1, 0.15) is 42.0 Å². The van der Waals surface area contributed by atoms with Crippen molar-refractivity contribution in [1.82, 2.24) is 9.55 Å². The van der Waals surface area contributed by atoms with E-state index in [0.29, 0.717) is 25.6 Å². The Bertz CT molecular complexity index is 620. The van der Waals surface area contributed by atoms with Crippen LogP contribution in [0.2, 0.25) is 0 Å². The number of ether oxygens (including phenoxy) is 1. The Hall–Kier alpha value is -0.960. The minimum atomic E-state index is -0.553. The average Bonchev–Trinajstić information content (AvgIpc) is 2.80. The number of carbonyl (C=O) groups is 1. The number of nitrogens with zero attached hydrogens (tertiary/aromatic N) is 2. The Kier molecular flexibility index (Phi) is 3.57. The van der Waals surface area contributed by atoms with Crippen LogP contribution >= 0.6 is 22.6 Å². The lowest BCUT2D eigenvalue weighted by Crippen LogP contribution is -2.36. The monoisotopic (exact) mass is 390 g/mol. The average molecular weight is 390 g/mol. The molecule has 6 nitrogen and oxygen atoms in total. The minimum Gasteiger partial charge on any atom is -0.501 e. The van der Waals surface area contributed by atoms with E-state index in [4.69, 9.17) is 4.74 Å². The van der Waals surface area contributed by atoms with Gasteiger partial charge in [-0.25, -0.2) is 4.98 Å². The molecular formula is C13H15IN2O4. The number of fused-ring (bicyclic) bond motifs is 2. The molecule has 7 heteroatoms. The van der Waals surface area contributed by atoms with Crippen LogP contribution in [0.25, 0.3) is 0 Å². The summed E-state index contributed by atoms with van der Waals surface area (Å²) in [6.45, 7) is 1.32. The van der Waals surface area contributed by atoms with Gasteiger partial charge in [0.1, 0.15) is 5.82 Å². The van der Waals surface area contributed by atoms with Crippen molar-refractivity contribution in [1.29, 1.82) is 0 Å². The van der Waals surface area contributed by atoms with Gasteiger partial charge in [-0.1, -0.05) is 12.8 Å². The number of rotatable bonds is 1. The van der Waals surface area contributed by atoms with Gasteiger partial charge in [-0.3, -0.25) is 14.2 Å². The van der Waals surface area contributed by atoms with Crippen molar-refractivity contribution >= 4 is 26.4 Å². The summed E-state index contributed by atoms with van der Waals surface area (Å²) >= 11 is 1.55. The highest BCUT2D eigenvalue weighted by molar-refractivity contribution is 14.1. The second-order valence-electron chi connectivity index (χ2n) is 5.40. The highest BCUT2D eigenvalue weighted by Gasteiger charge is 2.42. The van der Waals surface area contributed by atoms with Gasteiger partial charge < -0.3 is 9.84 Å². The molecule has 1 fully saturated rings. The zero-order chi connectivity index (χ0) is 14.3. The molecule has 1 saturated carbocycles. The predicted molar refractivity (Wildman–Crippen MR) is 79.5 cm³/mol. The summed E-state index contributed by atoms with van der Waals surface area (Å²) in [7, 11) is 0. The van der Waals surface area contributed by atoms with Crippen LogP contribution in [0.5, 0.6) is 5.75 Å². The Morgan fingerprint density at radius 3 is 2.75 bits per heavy atom. The van der Waals surface area contributed by atoms with Gasteiger partial charge in [0.05, 0.1) is 25.2 Å². The molecule has 1 aromatic heterocycles. The van der Waals surface area contributed by atoms with Gasteiger partial charge >= 0.3 is 0 Å². The number of aromatic nitrogens is 2. The lowest BCUT2D eigenvalue weighted by atomic mass is 9.86. The Balaban J connectivity index is 2.27. The molecule has 0 aromatic carbocycles. The quantitative estimate of drug-likeness (QED) is 0.579. The van der Waals surface area contributed by atoms with E-state index >= 15 is 0 Å². The van der Waals surface area contributed by atoms with Crippen molar-refractivity contribution in [2.24, 2.45) is 0 Å². The van der Waals surface area contributed by atoms with Gasteiger partial charge in [0.15, 0.2) is 5.69 Å². The van der Waals surface area contributed by atoms with E-state index < -0.39 is 15.1 Å². The Labute approximate surface area is 129 Å². The second kappa shape index (κ2) is 5.10. The number of carbonyl (C=O) groups excluding carboxylic acids is 1. The first-order valence-corrected chi connectivity index (χ1v) is 7.75. The zero-order valence-corrected chi connectivity index (χ0v) is 13.1. The summed E-state index contributed by atoms with van der Waals surface area (Å²) in [5, 5.41) is 9.88. The number of halogens is 1. The maximum Gasteiger partial charge on any atom is 0.296 e. The Morgan fingerprint density at radius 2 is 2.10 bits per heavy atom. The molecule has 20 heavy (non-hydrogen) atoms. The molecule has 0 saturated heterocycles. The van der Waals surface area contributed by atoms with Gasteiger partial charge in [-0.15, -0.1) is 0 Å². The summed E-state index contributed by atoms with van der Waals surface area (Å²) in [6, 6.07) is 0. The van der Waals surface area contributed by atoms with Crippen LogP contribution in [0, 0.1) is 0 Å². The molecule has 1 aliphatic carbocycles. The molecule has 1 spiro atoms. The summed E-state index contributed by atoms with van der Waals surface area (Å²) in [5.74, 6) is 0.0542. The zero-order valence-electron chi connectivity index (χ0n) is 10.9. The molecule has 0 unspecified atom stereocenters. The van der Waals surface area contributed by atoms with Crippen LogP contribution in [-0.2, 0) is 16.7 Å². The molecule has 2 heterocycles. The molecule has 0 amide bonds. The largest absolute Gasteiger partial charge is 0.501 e. The third-order valence-corrected chi connectivity index (χ3v) is 4.72. The predicted octanol–water partition coefficient (Wildman–Crippen LogP) is 1.37. The van der Waals surface area contributed by atoms with Gasteiger partial charge in [-0.05, 0) is 12.8 Å². The van der Waals surface area contributed by atoms with Crippen LogP contribution in [0.3, 0.4) is 0 Å². The normalized spacial score (nSPS) is 20.6. The summed E-state index contributed by atoms with van der Waals surface area (Å²) < 4.78 is 6.71. The lowest BCUT2D eigenvalue weighted by molar-refractivity contribution is 0.0920. The fourth-order valence-corrected chi connectivity index (χ4v) is 3.58. The standard InChI is InChI=1S/C13H15IN2O4/c14-10(18)8-9(17)11(19)16-5-6-20-7-13(12(16)15-8)3-1-2-4-13/h17H,1-7H2. The first-order valence-electron chi connectivity index (χ1n) is 6.67. The van der Waals surface area contributed by atoms with Crippen LogP contribution in [-0.4, -0.2) is 31.7 Å². The Morgan fingerprint density at radius 1 is 1.40 bits per heavy atom. The molecular weight excluding hydrogens is 375 g/mol. The molecule has 1 N–H and O–H groups in total. The first-order chi connectivity index (χ1) is 9.55. The second-order valence-corrected chi connectivity index (χ2v) is 6.38. The van der Waals surface area contributed by atoms with Gasteiger partial charge in [0.2, 0.25) is 9.54 Å². The molecule has 1 aromatic rings. The molecule has 0 radical (unpaired) electrons. The molecule has 108 valence electrons. The molecule has 1 aliphatic heterocycles. The van der Waals surface area contributed by atoms with Crippen molar-refractivity contribution in [2.75, 3.05) is 13.2 Å². The molecule has 3 rings (SSSR count). The van der Waals surface area contributed by atoms with Crippen molar-refractivity contribution in [3.05, 3.63) is 21.9 Å². The van der Waals surface area contributed by atoms with E-state index in [0.717, 1.165) is 25.7 Å². The topological polar surface area (TPSA) is 81.4 Å². The van der Waals surface area contributed by atoms with E-state index in [-0.39, 0.29) is 11.1 Å². The van der Waals surface area contributed by atoms with Crippen molar-refractivity contribution in [3.8, 4) is 5.75 Å². The van der Waals surface area contributed by atoms with Crippen LogP contribution in [0.15, 0.2) is 4.79 Å². The smallest absolute Gasteiger partial charge is 0.296 e. The first kappa shape index (κ1) is 14.0. The SMILES string of the molecule is O=C(I)c1nc2n(c(=O)c1O)CCOCC21CCCC1. The maximum atomic E-state index is 12.3. The number of hydrogen-bond donors (Lipinski definition) is 1. The third-order valence-electron chi connectivity index (χ3n) is 4.20. The van der Waals surface area contributed by atoms with E-state index in [1.165, 1.54) is 4.57 Å². The fourth-order valence-electron chi connectivity index (χ4n) is 3.20. The summed E-state index contributed by atoms with van der Waals surface area (Å²) in [5.41, 5.74) is -0.952. The van der Waals surface area contributed by atoms with Crippen molar-refractivity contribution in [3.63, 3.8) is 0 Å². The molecule has 2 aliphatic rings. The summed E-state index contributed by atoms with van der Waals surface area (Å²) in [6.07, 6.45) is 3.93. The molecule has 0 bridgehead atoms. The van der Waals surface area contributed by atoms with E-state index in [1.54, 1.807) is 22.6 Å². The van der Waals surface area contributed by atoms with E-state index in [9.17, 15) is 14.7 Å².